The van der Waals surface area contributed by atoms with E-state index in [1.54, 1.807) is 6.07 Å². The van der Waals surface area contributed by atoms with Crippen LogP contribution in [0.1, 0.15) is 0 Å². The van der Waals surface area contributed by atoms with E-state index in [1.165, 1.54) is 35.6 Å². The van der Waals surface area contributed by atoms with E-state index in [4.69, 9.17) is 0 Å². The number of para-hydroxylation sites is 2. The van der Waals surface area contributed by atoms with Gasteiger partial charge in [-0.05, 0) is 43.4 Å². The lowest BCUT2D eigenvalue weighted by atomic mass is 10.2. The van der Waals surface area contributed by atoms with E-state index in [0.717, 1.165) is 38.1 Å². The second-order valence-corrected chi connectivity index (χ2v) is 11.0. The molecule has 9 heteroatoms. The molecule has 3 rings (SSSR count). The number of likely N-dealkylation sites (N-methyl/N-ethyl adjacent to an activating group) is 1. The largest absolute Gasteiger partial charge is 0.367 e. The maximum Gasteiger partial charge on any atom is 0.264 e. The number of benzene rings is 2. The van der Waals surface area contributed by atoms with Gasteiger partial charge in [0.25, 0.3) is 10.0 Å². The molecule has 0 radical (unpaired) electrons. The summed E-state index contributed by atoms with van der Waals surface area (Å²) in [6.45, 7) is 3.48. The zero-order valence-corrected chi connectivity index (χ0v) is 17.9. The van der Waals surface area contributed by atoms with Crippen molar-refractivity contribution in [3.63, 3.8) is 0 Å². The zero-order valence-electron chi connectivity index (χ0n) is 16.2. The Balaban J connectivity index is 1.94. The van der Waals surface area contributed by atoms with Crippen molar-refractivity contribution in [2.24, 2.45) is 0 Å². The maximum absolute atomic E-state index is 13.1. The Labute approximate surface area is 167 Å². The molecule has 2 aromatic carbocycles. The van der Waals surface area contributed by atoms with Crippen LogP contribution in [0.15, 0.2) is 58.3 Å². The number of sulfone groups is 1. The Kier molecular flexibility index (Phi) is 5.69. The highest BCUT2D eigenvalue weighted by atomic mass is 32.2. The van der Waals surface area contributed by atoms with Crippen LogP contribution in [0.5, 0.6) is 0 Å². The molecule has 2 aromatic rings. The fraction of sp³-hybridized carbons (Fsp3) is 0.368. The van der Waals surface area contributed by atoms with Crippen molar-refractivity contribution in [2.75, 3.05) is 55.7 Å². The molecule has 0 spiro atoms. The number of anilines is 2. The van der Waals surface area contributed by atoms with E-state index in [1.807, 2.05) is 18.2 Å². The lowest BCUT2D eigenvalue weighted by Crippen LogP contribution is -2.45. The van der Waals surface area contributed by atoms with Gasteiger partial charge in [0.1, 0.15) is 0 Å². The number of hydrogen-bond donors (Lipinski definition) is 0. The lowest BCUT2D eigenvalue weighted by Gasteiger charge is -2.36. The van der Waals surface area contributed by atoms with Gasteiger partial charge in [0.05, 0.1) is 21.2 Å². The number of hydrogen-bond acceptors (Lipinski definition) is 6. The summed E-state index contributed by atoms with van der Waals surface area (Å²) in [6.07, 6.45) is 1.09. The molecule has 0 aromatic heterocycles. The molecular formula is C19H25N3O4S2. The minimum absolute atomic E-state index is 0.0515. The van der Waals surface area contributed by atoms with Crippen LogP contribution >= 0.6 is 0 Å². The topological polar surface area (TPSA) is 78.0 Å². The van der Waals surface area contributed by atoms with Crippen LogP contribution in [-0.4, -0.2) is 68.3 Å². The van der Waals surface area contributed by atoms with Gasteiger partial charge in [-0.25, -0.2) is 16.8 Å². The third kappa shape index (κ3) is 4.16. The molecule has 1 heterocycles. The van der Waals surface area contributed by atoms with Crippen LogP contribution in [0.25, 0.3) is 0 Å². The summed E-state index contributed by atoms with van der Waals surface area (Å²) in [7, 11) is -3.62. The highest BCUT2D eigenvalue weighted by molar-refractivity contribution is 7.93. The molecule has 1 saturated heterocycles. The summed E-state index contributed by atoms with van der Waals surface area (Å²) in [5, 5.41) is 0. The SMILES string of the molecule is CN1CCN(c2ccccc2N(C)S(=O)(=O)c2ccc(S(C)(=O)=O)cc2)CC1. The fourth-order valence-corrected chi connectivity index (χ4v) is 5.03. The van der Waals surface area contributed by atoms with Crippen molar-refractivity contribution in [3.05, 3.63) is 48.5 Å². The third-order valence-electron chi connectivity index (χ3n) is 4.98. The Bertz CT molecular complexity index is 1040. The predicted octanol–water partition coefficient (Wildman–Crippen LogP) is 1.67. The van der Waals surface area contributed by atoms with Gasteiger partial charge in [0.2, 0.25) is 0 Å². The normalized spacial score (nSPS) is 16.2. The standard InChI is InChI=1S/C19H25N3O4S2/c1-20-12-14-22(15-13-20)19-7-5-4-6-18(19)21(2)28(25,26)17-10-8-16(9-11-17)27(3,23)24/h4-11H,12-15H2,1-3H3. The van der Waals surface area contributed by atoms with Crippen LogP contribution in [0.3, 0.4) is 0 Å². The smallest absolute Gasteiger partial charge is 0.264 e. The van der Waals surface area contributed by atoms with Crippen LogP contribution in [-0.2, 0) is 19.9 Å². The summed E-state index contributed by atoms with van der Waals surface area (Å²) in [4.78, 5) is 4.57. The Morgan fingerprint density at radius 2 is 1.36 bits per heavy atom. The third-order valence-corrected chi connectivity index (χ3v) is 7.89. The van der Waals surface area contributed by atoms with Crippen molar-refractivity contribution in [3.8, 4) is 0 Å². The van der Waals surface area contributed by atoms with Crippen molar-refractivity contribution in [1.82, 2.24) is 4.90 Å². The van der Waals surface area contributed by atoms with Gasteiger partial charge in [-0.3, -0.25) is 4.31 Å². The van der Waals surface area contributed by atoms with Crippen LogP contribution < -0.4 is 9.21 Å². The Hall–Kier alpha value is -2.10. The molecule has 1 aliphatic rings. The molecule has 28 heavy (non-hydrogen) atoms. The number of piperazine rings is 1. The quantitative estimate of drug-likeness (QED) is 0.728. The van der Waals surface area contributed by atoms with E-state index in [0.29, 0.717) is 5.69 Å². The first-order chi connectivity index (χ1) is 13.1. The van der Waals surface area contributed by atoms with E-state index in [2.05, 4.69) is 16.8 Å². The van der Waals surface area contributed by atoms with Crippen LogP contribution in [0.2, 0.25) is 0 Å². The number of rotatable bonds is 5. The van der Waals surface area contributed by atoms with Gasteiger partial charge in [-0.2, -0.15) is 0 Å². The average molecular weight is 424 g/mol. The maximum atomic E-state index is 13.1. The summed E-state index contributed by atoms with van der Waals surface area (Å²) in [5.74, 6) is 0. The molecule has 0 amide bonds. The summed E-state index contributed by atoms with van der Waals surface area (Å²) < 4.78 is 50.8. The molecule has 152 valence electrons. The molecule has 7 nitrogen and oxygen atoms in total. The van der Waals surface area contributed by atoms with Gasteiger partial charge in [0.15, 0.2) is 9.84 Å². The molecule has 0 atom stereocenters. The highest BCUT2D eigenvalue weighted by Gasteiger charge is 2.26. The van der Waals surface area contributed by atoms with Crippen molar-refractivity contribution in [1.29, 1.82) is 0 Å². The Morgan fingerprint density at radius 3 is 1.93 bits per heavy atom. The molecular weight excluding hydrogens is 398 g/mol. The van der Waals surface area contributed by atoms with E-state index < -0.39 is 19.9 Å². The molecule has 0 aliphatic carbocycles. The zero-order chi connectivity index (χ0) is 20.5. The molecule has 0 saturated carbocycles. The number of nitrogens with zero attached hydrogens (tertiary/aromatic N) is 3. The highest BCUT2D eigenvalue weighted by Crippen LogP contribution is 2.32. The van der Waals surface area contributed by atoms with Crippen molar-refractivity contribution < 1.29 is 16.8 Å². The van der Waals surface area contributed by atoms with Gasteiger partial charge in [-0.15, -0.1) is 0 Å². The van der Waals surface area contributed by atoms with Crippen molar-refractivity contribution >= 4 is 31.2 Å². The molecule has 1 aliphatic heterocycles. The average Bonchev–Trinajstić information content (AvgIpc) is 2.67. The van der Waals surface area contributed by atoms with Crippen molar-refractivity contribution in [2.45, 2.75) is 9.79 Å². The second-order valence-electron chi connectivity index (χ2n) is 7.00. The van der Waals surface area contributed by atoms with Gasteiger partial charge < -0.3 is 9.80 Å². The van der Waals surface area contributed by atoms with E-state index in [9.17, 15) is 16.8 Å². The first-order valence-electron chi connectivity index (χ1n) is 8.92. The van der Waals surface area contributed by atoms with Crippen LogP contribution in [0, 0.1) is 0 Å². The lowest BCUT2D eigenvalue weighted by molar-refractivity contribution is 0.313. The second kappa shape index (κ2) is 7.73. The van der Waals surface area contributed by atoms with Crippen LogP contribution in [0.4, 0.5) is 11.4 Å². The fourth-order valence-electron chi connectivity index (χ4n) is 3.19. The molecule has 1 fully saturated rings. The predicted molar refractivity (Wildman–Crippen MR) is 111 cm³/mol. The van der Waals surface area contributed by atoms with E-state index >= 15 is 0 Å². The first kappa shape index (κ1) is 20.6. The first-order valence-corrected chi connectivity index (χ1v) is 12.3. The summed E-state index contributed by atoms with van der Waals surface area (Å²) in [6, 6.07) is 12.7. The minimum atomic E-state index is -3.82. The number of sulfonamides is 1. The summed E-state index contributed by atoms with van der Waals surface area (Å²) >= 11 is 0. The minimum Gasteiger partial charge on any atom is -0.367 e. The molecule has 0 N–H and O–H groups in total. The summed E-state index contributed by atoms with van der Waals surface area (Å²) in [5.41, 5.74) is 1.47. The Morgan fingerprint density at radius 1 is 0.821 bits per heavy atom. The van der Waals surface area contributed by atoms with Gasteiger partial charge in [-0.1, -0.05) is 12.1 Å². The van der Waals surface area contributed by atoms with Gasteiger partial charge >= 0.3 is 0 Å². The van der Waals surface area contributed by atoms with Gasteiger partial charge in [0, 0.05) is 39.5 Å². The monoisotopic (exact) mass is 423 g/mol. The molecule has 0 bridgehead atoms. The van der Waals surface area contributed by atoms with E-state index in [-0.39, 0.29) is 9.79 Å². The molecule has 0 unspecified atom stereocenters.